The van der Waals surface area contributed by atoms with E-state index in [1.54, 1.807) is 0 Å². The zero-order valence-corrected chi connectivity index (χ0v) is 12.7. The van der Waals surface area contributed by atoms with E-state index in [0.29, 0.717) is 18.6 Å². The van der Waals surface area contributed by atoms with Gasteiger partial charge < -0.3 is 10.5 Å². The first-order valence-electron chi connectivity index (χ1n) is 7.34. The fraction of sp³-hybridized carbons (Fsp3) is 0.500. The lowest BCUT2D eigenvalue weighted by molar-refractivity contribution is -0.0287. The van der Waals surface area contributed by atoms with Crippen LogP contribution in [-0.4, -0.2) is 37.2 Å². The Bertz CT molecular complexity index is 568. The molecule has 1 aliphatic heterocycles. The van der Waals surface area contributed by atoms with Gasteiger partial charge in [-0.3, -0.25) is 4.90 Å². The van der Waals surface area contributed by atoms with Crippen LogP contribution in [0.25, 0.3) is 10.1 Å². The van der Waals surface area contributed by atoms with Gasteiger partial charge in [0.2, 0.25) is 0 Å². The van der Waals surface area contributed by atoms with Crippen LogP contribution < -0.4 is 5.73 Å². The van der Waals surface area contributed by atoms with Crippen molar-refractivity contribution < 1.29 is 4.74 Å². The third kappa shape index (κ3) is 2.49. The van der Waals surface area contributed by atoms with Crippen molar-refractivity contribution in [2.45, 2.75) is 25.4 Å². The molecule has 2 N–H and O–H groups in total. The summed E-state index contributed by atoms with van der Waals surface area (Å²) < 4.78 is 6.97. The molecule has 1 saturated heterocycles. The van der Waals surface area contributed by atoms with Gasteiger partial charge in [0.1, 0.15) is 0 Å². The summed E-state index contributed by atoms with van der Waals surface area (Å²) in [5.74, 6) is 0. The lowest BCUT2D eigenvalue weighted by Gasteiger charge is -2.40. The third-order valence-electron chi connectivity index (χ3n) is 4.24. The Morgan fingerprint density at radius 2 is 2.30 bits per heavy atom. The smallest absolute Gasteiger partial charge is 0.0622 e. The Morgan fingerprint density at radius 1 is 1.45 bits per heavy atom. The van der Waals surface area contributed by atoms with Gasteiger partial charge in [0.05, 0.1) is 13.2 Å². The predicted molar refractivity (Wildman–Crippen MR) is 85.2 cm³/mol. The third-order valence-corrected chi connectivity index (χ3v) is 5.22. The molecule has 3 rings (SSSR count). The lowest BCUT2D eigenvalue weighted by atomic mass is 10.0. The van der Waals surface area contributed by atoms with Crippen molar-refractivity contribution in [3.8, 4) is 0 Å². The quantitative estimate of drug-likeness (QED) is 0.940. The molecule has 2 unspecified atom stereocenters. The van der Waals surface area contributed by atoms with Gasteiger partial charge >= 0.3 is 0 Å². The summed E-state index contributed by atoms with van der Waals surface area (Å²) in [5.41, 5.74) is 7.51. The normalized spacial score (nSPS) is 22.2. The van der Waals surface area contributed by atoms with E-state index in [-0.39, 0.29) is 0 Å². The first-order chi connectivity index (χ1) is 9.85. The van der Waals surface area contributed by atoms with Gasteiger partial charge in [0.25, 0.3) is 0 Å². The minimum Gasteiger partial charge on any atom is -0.378 e. The molecule has 1 fully saturated rings. The summed E-state index contributed by atoms with van der Waals surface area (Å²) in [6.07, 6.45) is 1.11. The van der Waals surface area contributed by atoms with E-state index in [4.69, 9.17) is 10.5 Å². The second-order valence-corrected chi connectivity index (χ2v) is 6.22. The first kappa shape index (κ1) is 14.0. The number of thiophene rings is 1. The SMILES string of the molecule is CCC1COCCN1C(CN)c1csc2ccccc12. The Hall–Kier alpha value is -0.940. The molecule has 0 radical (unpaired) electrons. The van der Waals surface area contributed by atoms with Gasteiger partial charge in [-0.05, 0) is 28.8 Å². The average molecular weight is 290 g/mol. The van der Waals surface area contributed by atoms with Crippen LogP contribution in [0.15, 0.2) is 29.6 Å². The number of morpholine rings is 1. The van der Waals surface area contributed by atoms with Crippen LogP contribution in [0.4, 0.5) is 0 Å². The summed E-state index contributed by atoms with van der Waals surface area (Å²) >= 11 is 1.82. The Balaban J connectivity index is 1.96. The number of nitrogens with two attached hydrogens (primary N) is 1. The maximum absolute atomic E-state index is 6.12. The van der Waals surface area contributed by atoms with Crippen molar-refractivity contribution in [3.05, 3.63) is 35.2 Å². The van der Waals surface area contributed by atoms with E-state index in [2.05, 4.69) is 41.5 Å². The fourth-order valence-electron chi connectivity index (χ4n) is 3.13. The van der Waals surface area contributed by atoms with Crippen molar-refractivity contribution in [2.75, 3.05) is 26.3 Å². The molecular weight excluding hydrogens is 268 g/mol. The minimum atomic E-state index is 0.306. The summed E-state index contributed by atoms with van der Waals surface area (Å²) in [4.78, 5) is 2.54. The van der Waals surface area contributed by atoms with Crippen LogP contribution in [-0.2, 0) is 4.74 Å². The summed E-state index contributed by atoms with van der Waals surface area (Å²) in [7, 11) is 0. The van der Waals surface area contributed by atoms with E-state index < -0.39 is 0 Å². The molecule has 20 heavy (non-hydrogen) atoms. The van der Waals surface area contributed by atoms with Crippen molar-refractivity contribution >= 4 is 21.4 Å². The molecule has 0 saturated carbocycles. The molecule has 1 aliphatic rings. The van der Waals surface area contributed by atoms with Crippen LogP contribution >= 0.6 is 11.3 Å². The van der Waals surface area contributed by atoms with Gasteiger partial charge in [-0.25, -0.2) is 0 Å². The second-order valence-electron chi connectivity index (χ2n) is 5.31. The van der Waals surface area contributed by atoms with Crippen molar-refractivity contribution in [3.63, 3.8) is 0 Å². The average Bonchev–Trinajstić information content (AvgIpc) is 2.93. The number of fused-ring (bicyclic) bond motifs is 1. The van der Waals surface area contributed by atoms with Gasteiger partial charge in [0, 0.05) is 29.9 Å². The topological polar surface area (TPSA) is 38.5 Å². The maximum Gasteiger partial charge on any atom is 0.0622 e. The Morgan fingerprint density at radius 3 is 3.10 bits per heavy atom. The van der Waals surface area contributed by atoms with Crippen LogP contribution in [0.3, 0.4) is 0 Å². The van der Waals surface area contributed by atoms with E-state index in [0.717, 1.165) is 26.2 Å². The molecule has 3 nitrogen and oxygen atoms in total. The molecule has 1 aromatic heterocycles. The number of nitrogens with zero attached hydrogens (tertiary/aromatic N) is 1. The molecule has 2 heterocycles. The van der Waals surface area contributed by atoms with E-state index in [9.17, 15) is 0 Å². The zero-order valence-electron chi connectivity index (χ0n) is 11.9. The minimum absolute atomic E-state index is 0.306. The fourth-order valence-corrected chi connectivity index (χ4v) is 4.14. The number of ether oxygens (including phenoxy) is 1. The lowest BCUT2D eigenvalue weighted by Crippen LogP contribution is -2.48. The molecule has 2 aromatic rings. The van der Waals surface area contributed by atoms with Gasteiger partial charge in [-0.15, -0.1) is 11.3 Å². The van der Waals surface area contributed by atoms with Gasteiger partial charge in [-0.1, -0.05) is 25.1 Å². The summed E-state index contributed by atoms with van der Waals surface area (Å²) in [6.45, 7) is 5.51. The van der Waals surface area contributed by atoms with Crippen molar-refractivity contribution in [1.29, 1.82) is 0 Å². The number of hydrogen-bond donors (Lipinski definition) is 1. The van der Waals surface area contributed by atoms with Crippen LogP contribution in [0.2, 0.25) is 0 Å². The Kier molecular flexibility index (Phi) is 4.36. The highest BCUT2D eigenvalue weighted by molar-refractivity contribution is 7.17. The standard InChI is InChI=1S/C16H22N2OS/c1-2-12-10-19-8-7-18(12)15(9-17)14-11-20-16-6-4-3-5-13(14)16/h3-6,11-12,15H,2,7-10,17H2,1H3. The van der Waals surface area contributed by atoms with Crippen LogP contribution in [0, 0.1) is 0 Å². The largest absolute Gasteiger partial charge is 0.378 e. The Labute approximate surface area is 124 Å². The van der Waals surface area contributed by atoms with Crippen LogP contribution in [0.1, 0.15) is 24.9 Å². The second kappa shape index (κ2) is 6.22. The number of rotatable bonds is 4. The highest BCUT2D eigenvalue weighted by Crippen LogP contribution is 2.34. The van der Waals surface area contributed by atoms with Crippen molar-refractivity contribution in [1.82, 2.24) is 4.90 Å². The number of hydrogen-bond acceptors (Lipinski definition) is 4. The van der Waals surface area contributed by atoms with Gasteiger partial charge in [0.15, 0.2) is 0 Å². The van der Waals surface area contributed by atoms with Gasteiger partial charge in [-0.2, -0.15) is 0 Å². The van der Waals surface area contributed by atoms with E-state index >= 15 is 0 Å². The summed E-state index contributed by atoms with van der Waals surface area (Å²) in [6, 6.07) is 9.40. The molecule has 0 aliphatic carbocycles. The molecule has 0 bridgehead atoms. The predicted octanol–water partition coefficient (Wildman–Crippen LogP) is 3.01. The molecule has 108 valence electrons. The molecule has 1 aromatic carbocycles. The van der Waals surface area contributed by atoms with E-state index in [1.807, 2.05) is 11.3 Å². The van der Waals surface area contributed by atoms with E-state index in [1.165, 1.54) is 15.6 Å². The molecule has 4 heteroatoms. The zero-order chi connectivity index (χ0) is 13.9. The molecule has 0 amide bonds. The maximum atomic E-state index is 6.12. The molecular formula is C16H22N2OS. The highest BCUT2D eigenvalue weighted by atomic mass is 32.1. The molecule has 0 spiro atoms. The first-order valence-corrected chi connectivity index (χ1v) is 8.22. The number of benzene rings is 1. The highest BCUT2D eigenvalue weighted by Gasteiger charge is 2.29. The van der Waals surface area contributed by atoms with Crippen molar-refractivity contribution in [2.24, 2.45) is 5.73 Å². The van der Waals surface area contributed by atoms with Crippen LogP contribution in [0.5, 0.6) is 0 Å². The summed E-state index contributed by atoms with van der Waals surface area (Å²) in [5, 5.41) is 3.64. The monoisotopic (exact) mass is 290 g/mol. The molecule has 2 atom stereocenters.